The van der Waals surface area contributed by atoms with Gasteiger partial charge in [-0.25, -0.2) is 0 Å². The van der Waals surface area contributed by atoms with E-state index in [1.54, 1.807) is 0 Å². The lowest BCUT2D eigenvalue weighted by Crippen LogP contribution is -2.42. The van der Waals surface area contributed by atoms with E-state index in [1.807, 2.05) is 30.8 Å². The molecule has 0 N–H and O–H groups in total. The van der Waals surface area contributed by atoms with Crippen LogP contribution < -0.4 is 0 Å². The molecule has 1 heterocycles. The van der Waals surface area contributed by atoms with Gasteiger partial charge in [0, 0.05) is 5.75 Å². The SMILES string of the molecule is CN(C)C1(C#N)CCSC1. The lowest BCUT2D eigenvalue weighted by molar-refractivity contribution is 0.245. The molecule has 0 saturated carbocycles. The summed E-state index contributed by atoms with van der Waals surface area (Å²) in [7, 11) is 3.96. The monoisotopic (exact) mass is 156 g/mol. The van der Waals surface area contributed by atoms with Crippen molar-refractivity contribution in [1.29, 1.82) is 5.26 Å². The molecule has 0 spiro atoms. The van der Waals surface area contributed by atoms with Crippen LogP contribution in [-0.4, -0.2) is 36.0 Å². The van der Waals surface area contributed by atoms with Crippen molar-refractivity contribution >= 4 is 11.8 Å². The molecule has 1 atom stereocenters. The third-order valence-electron chi connectivity index (χ3n) is 2.06. The number of rotatable bonds is 1. The van der Waals surface area contributed by atoms with E-state index >= 15 is 0 Å². The smallest absolute Gasteiger partial charge is 0.118 e. The maximum absolute atomic E-state index is 8.88. The summed E-state index contributed by atoms with van der Waals surface area (Å²) >= 11 is 1.87. The number of thioether (sulfide) groups is 1. The zero-order valence-corrected chi connectivity index (χ0v) is 7.24. The number of nitrogens with zero attached hydrogens (tertiary/aromatic N) is 2. The molecule has 0 amide bonds. The van der Waals surface area contributed by atoms with Gasteiger partial charge in [-0.15, -0.1) is 0 Å². The third-order valence-corrected chi connectivity index (χ3v) is 3.24. The third kappa shape index (κ3) is 1.14. The van der Waals surface area contributed by atoms with Crippen LogP contribution in [0, 0.1) is 11.3 Å². The van der Waals surface area contributed by atoms with Crippen molar-refractivity contribution in [2.24, 2.45) is 0 Å². The van der Waals surface area contributed by atoms with Crippen LogP contribution in [0.5, 0.6) is 0 Å². The largest absolute Gasteiger partial charge is 0.291 e. The molecule has 0 bridgehead atoms. The molecule has 1 saturated heterocycles. The fourth-order valence-corrected chi connectivity index (χ4v) is 2.53. The molecule has 1 aliphatic heterocycles. The van der Waals surface area contributed by atoms with Crippen LogP contribution in [0.15, 0.2) is 0 Å². The van der Waals surface area contributed by atoms with Gasteiger partial charge in [-0.1, -0.05) is 0 Å². The predicted octanol–water partition coefficient (Wildman–Crippen LogP) is 0.947. The summed E-state index contributed by atoms with van der Waals surface area (Å²) in [6, 6.07) is 2.38. The van der Waals surface area contributed by atoms with Gasteiger partial charge < -0.3 is 0 Å². The molecule has 0 aromatic rings. The second-order valence-corrected chi connectivity index (χ2v) is 3.95. The number of hydrogen-bond acceptors (Lipinski definition) is 3. The van der Waals surface area contributed by atoms with E-state index in [1.165, 1.54) is 0 Å². The van der Waals surface area contributed by atoms with Crippen molar-refractivity contribution in [3.8, 4) is 6.07 Å². The zero-order valence-electron chi connectivity index (χ0n) is 6.42. The molecule has 10 heavy (non-hydrogen) atoms. The quantitative estimate of drug-likeness (QED) is 0.565. The van der Waals surface area contributed by atoms with Crippen LogP contribution in [0.25, 0.3) is 0 Å². The molecule has 0 aliphatic carbocycles. The molecule has 3 heteroatoms. The molecule has 1 rings (SSSR count). The molecule has 0 aromatic heterocycles. The Bertz CT molecular complexity index is 153. The molecule has 56 valence electrons. The van der Waals surface area contributed by atoms with Crippen LogP contribution in [0.2, 0.25) is 0 Å². The summed E-state index contributed by atoms with van der Waals surface area (Å²) in [5, 5.41) is 8.88. The Morgan fingerprint density at radius 3 is 2.50 bits per heavy atom. The van der Waals surface area contributed by atoms with Gasteiger partial charge in [-0.3, -0.25) is 4.90 Å². The van der Waals surface area contributed by atoms with E-state index < -0.39 is 0 Å². The van der Waals surface area contributed by atoms with Crippen molar-refractivity contribution in [1.82, 2.24) is 4.90 Å². The summed E-state index contributed by atoms with van der Waals surface area (Å²) < 4.78 is 0. The van der Waals surface area contributed by atoms with Gasteiger partial charge in [0.1, 0.15) is 5.54 Å². The van der Waals surface area contributed by atoms with E-state index in [0.29, 0.717) is 0 Å². The first-order valence-electron chi connectivity index (χ1n) is 3.38. The molecular formula is C7H12N2S. The number of hydrogen-bond donors (Lipinski definition) is 0. The summed E-state index contributed by atoms with van der Waals surface area (Å²) in [4.78, 5) is 2.03. The topological polar surface area (TPSA) is 27.0 Å². The minimum absolute atomic E-state index is 0.162. The first kappa shape index (κ1) is 7.90. The Morgan fingerprint density at radius 1 is 1.60 bits per heavy atom. The fraction of sp³-hybridized carbons (Fsp3) is 0.857. The summed E-state index contributed by atoms with van der Waals surface area (Å²) in [6.45, 7) is 0. The number of nitriles is 1. The van der Waals surface area contributed by atoms with E-state index in [4.69, 9.17) is 5.26 Å². The Balaban J connectivity index is 2.70. The molecule has 0 radical (unpaired) electrons. The highest BCUT2D eigenvalue weighted by molar-refractivity contribution is 7.99. The Kier molecular flexibility index (Phi) is 2.22. The van der Waals surface area contributed by atoms with E-state index in [2.05, 4.69) is 6.07 Å². The molecule has 1 unspecified atom stereocenters. The van der Waals surface area contributed by atoms with Crippen LogP contribution in [0.4, 0.5) is 0 Å². The Morgan fingerprint density at radius 2 is 2.30 bits per heavy atom. The van der Waals surface area contributed by atoms with Crippen molar-refractivity contribution in [2.75, 3.05) is 25.6 Å². The van der Waals surface area contributed by atoms with Gasteiger partial charge in [-0.05, 0) is 26.3 Å². The van der Waals surface area contributed by atoms with Gasteiger partial charge in [0.15, 0.2) is 0 Å². The maximum atomic E-state index is 8.88. The normalized spacial score (nSPS) is 32.6. The van der Waals surface area contributed by atoms with E-state index in [-0.39, 0.29) is 5.54 Å². The first-order valence-corrected chi connectivity index (χ1v) is 4.53. The molecular weight excluding hydrogens is 144 g/mol. The molecule has 0 aromatic carbocycles. The van der Waals surface area contributed by atoms with Gasteiger partial charge in [0.05, 0.1) is 6.07 Å². The van der Waals surface area contributed by atoms with E-state index in [9.17, 15) is 0 Å². The van der Waals surface area contributed by atoms with Crippen molar-refractivity contribution in [3.63, 3.8) is 0 Å². The highest BCUT2D eigenvalue weighted by Crippen LogP contribution is 2.30. The highest BCUT2D eigenvalue weighted by Gasteiger charge is 2.36. The highest BCUT2D eigenvalue weighted by atomic mass is 32.2. The maximum Gasteiger partial charge on any atom is 0.118 e. The predicted molar refractivity (Wildman–Crippen MR) is 44.0 cm³/mol. The van der Waals surface area contributed by atoms with Gasteiger partial charge in [-0.2, -0.15) is 17.0 Å². The summed E-state index contributed by atoms with van der Waals surface area (Å²) in [5.41, 5.74) is -0.162. The van der Waals surface area contributed by atoms with Crippen LogP contribution >= 0.6 is 11.8 Å². The minimum atomic E-state index is -0.162. The van der Waals surface area contributed by atoms with Gasteiger partial charge in [0.2, 0.25) is 0 Å². The molecule has 1 aliphatic rings. The summed E-state index contributed by atoms with van der Waals surface area (Å²) in [6.07, 6.45) is 1.02. The standard InChI is InChI=1S/C7H12N2S/c1-9(2)7(5-8)3-4-10-6-7/h3-4,6H2,1-2H3. The van der Waals surface area contributed by atoms with Crippen LogP contribution in [0.1, 0.15) is 6.42 Å². The Hall–Kier alpha value is -0.200. The van der Waals surface area contributed by atoms with Crippen molar-refractivity contribution < 1.29 is 0 Å². The summed E-state index contributed by atoms with van der Waals surface area (Å²) in [5.74, 6) is 2.10. The Labute approximate surface area is 66.2 Å². The van der Waals surface area contributed by atoms with Gasteiger partial charge >= 0.3 is 0 Å². The van der Waals surface area contributed by atoms with Crippen LogP contribution in [0.3, 0.4) is 0 Å². The average molecular weight is 156 g/mol. The fourth-order valence-electron chi connectivity index (χ4n) is 1.10. The van der Waals surface area contributed by atoms with Crippen molar-refractivity contribution in [3.05, 3.63) is 0 Å². The van der Waals surface area contributed by atoms with Crippen molar-refractivity contribution in [2.45, 2.75) is 12.0 Å². The zero-order chi connectivity index (χ0) is 7.61. The average Bonchev–Trinajstić information content (AvgIpc) is 2.35. The first-order chi connectivity index (χ1) is 4.71. The lowest BCUT2D eigenvalue weighted by atomic mass is 10.0. The second-order valence-electron chi connectivity index (χ2n) is 2.84. The van der Waals surface area contributed by atoms with E-state index in [0.717, 1.165) is 17.9 Å². The minimum Gasteiger partial charge on any atom is -0.291 e. The lowest BCUT2D eigenvalue weighted by Gasteiger charge is -2.27. The van der Waals surface area contributed by atoms with Gasteiger partial charge in [0.25, 0.3) is 0 Å². The molecule has 2 nitrogen and oxygen atoms in total. The van der Waals surface area contributed by atoms with Crippen LogP contribution in [-0.2, 0) is 0 Å². The second kappa shape index (κ2) is 2.81. The molecule has 1 fully saturated rings.